The summed E-state index contributed by atoms with van der Waals surface area (Å²) in [5.74, 6) is -0.497. The summed E-state index contributed by atoms with van der Waals surface area (Å²) in [6.07, 6.45) is 0. The molecule has 3 aromatic rings. The van der Waals surface area contributed by atoms with E-state index in [1.807, 2.05) is 17.5 Å². The minimum absolute atomic E-state index is 0.0510. The van der Waals surface area contributed by atoms with Crippen molar-refractivity contribution in [1.29, 1.82) is 5.26 Å². The molecule has 0 fully saturated rings. The lowest BCUT2D eigenvalue weighted by Crippen LogP contribution is -1.89. The van der Waals surface area contributed by atoms with E-state index >= 15 is 0 Å². The average Bonchev–Trinajstić information content (AvgIpc) is 3.09. The molecule has 2 nitrogen and oxygen atoms in total. The third kappa shape index (κ3) is 2.32. The standard InChI is InChI=1S/C15H8ClFN2S2/c16-9-4-1-3-8(13(9)17)15-12(10-5-2-6-20-10)14(19)11(7-18)21-15/h1-6H,19H2. The number of hydrogen-bond donors (Lipinski definition) is 1. The molecule has 0 radical (unpaired) electrons. The highest BCUT2D eigenvalue weighted by atomic mass is 35.5. The van der Waals surface area contributed by atoms with Crippen LogP contribution in [-0.2, 0) is 0 Å². The fraction of sp³-hybridized carbons (Fsp3) is 0. The topological polar surface area (TPSA) is 49.8 Å². The van der Waals surface area contributed by atoms with Gasteiger partial charge in [-0.05, 0) is 17.5 Å². The van der Waals surface area contributed by atoms with Crippen molar-refractivity contribution in [1.82, 2.24) is 0 Å². The third-order valence-electron chi connectivity index (χ3n) is 3.01. The molecule has 0 atom stereocenters. The maximum absolute atomic E-state index is 14.3. The summed E-state index contributed by atoms with van der Waals surface area (Å²) in [6.45, 7) is 0. The summed E-state index contributed by atoms with van der Waals surface area (Å²) in [7, 11) is 0. The zero-order valence-electron chi connectivity index (χ0n) is 10.6. The van der Waals surface area contributed by atoms with Gasteiger partial charge in [0.15, 0.2) is 0 Å². The molecule has 2 heterocycles. The van der Waals surface area contributed by atoms with Crippen molar-refractivity contribution < 1.29 is 4.39 Å². The summed E-state index contributed by atoms with van der Waals surface area (Å²) in [6, 6.07) is 10.7. The number of halogens is 2. The van der Waals surface area contributed by atoms with E-state index in [-0.39, 0.29) is 5.02 Å². The molecular formula is C15H8ClFN2S2. The Labute approximate surface area is 133 Å². The summed E-state index contributed by atoms with van der Waals surface area (Å²) in [4.78, 5) is 1.92. The highest BCUT2D eigenvalue weighted by Crippen LogP contribution is 2.47. The maximum atomic E-state index is 14.3. The second-order valence-corrected chi connectivity index (χ2v) is 6.61. The summed E-state index contributed by atoms with van der Waals surface area (Å²) in [5, 5.41) is 11.2. The van der Waals surface area contributed by atoms with Crippen molar-refractivity contribution in [3.63, 3.8) is 0 Å². The van der Waals surface area contributed by atoms with Gasteiger partial charge < -0.3 is 5.73 Å². The lowest BCUT2D eigenvalue weighted by atomic mass is 10.1. The predicted molar refractivity (Wildman–Crippen MR) is 87.2 cm³/mol. The molecular weight excluding hydrogens is 327 g/mol. The first-order valence-electron chi connectivity index (χ1n) is 5.94. The molecule has 0 bridgehead atoms. The Kier molecular flexibility index (Phi) is 3.68. The largest absolute Gasteiger partial charge is 0.396 e. The Morgan fingerprint density at radius 1 is 1.24 bits per heavy atom. The van der Waals surface area contributed by atoms with Crippen molar-refractivity contribution in [2.75, 3.05) is 5.73 Å². The molecule has 1 aromatic carbocycles. The van der Waals surface area contributed by atoms with Crippen LogP contribution in [-0.4, -0.2) is 0 Å². The van der Waals surface area contributed by atoms with Crippen molar-refractivity contribution in [3.05, 3.63) is 51.4 Å². The molecule has 0 aliphatic rings. The third-order valence-corrected chi connectivity index (χ3v) is 5.33. The first-order chi connectivity index (χ1) is 10.1. The lowest BCUT2D eigenvalue weighted by molar-refractivity contribution is 0.632. The van der Waals surface area contributed by atoms with Gasteiger partial charge in [0.1, 0.15) is 16.8 Å². The summed E-state index contributed by atoms with van der Waals surface area (Å²) in [5.41, 5.74) is 7.53. The van der Waals surface area contributed by atoms with E-state index in [9.17, 15) is 9.65 Å². The van der Waals surface area contributed by atoms with Gasteiger partial charge in [0.2, 0.25) is 0 Å². The van der Waals surface area contributed by atoms with E-state index in [4.69, 9.17) is 17.3 Å². The van der Waals surface area contributed by atoms with Crippen molar-refractivity contribution in [3.8, 4) is 27.0 Å². The molecule has 3 rings (SSSR count). The van der Waals surface area contributed by atoms with Gasteiger partial charge in [-0.3, -0.25) is 0 Å². The normalized spacial score (nSPS) is 10.5. The highest BCUT2D eigenvalue weighted by molar-refractivity contribution is 7.19. The predicted octanol–water partition coefficient (Wildman–Crippen LogP) is 5.39. The second-order valence-electron chi connectivity index (χ2n) is 4.24. The van der Waals surface area contributed by atoms with E-state index < -0.39 is 5.82 Å². The molecule has 2 aromatic heterocycles. The monoisotopic (exact) mass is 334 g/mol. The number of anilines is 1. The van der Waals surface area contributed by atoms with Crippen LogP contribution in [0.25, 0.3) is 20.9 Å². The highest BCUT2D eigenvalue weighted by Gasteiger charge is 2.22. The average molecular weight is 335 g/mol. The summed E-state index contributed by atoms with van der Waals surface area (Å²) >= 11 is 8.53. The first-order valence-corrected chi connectivity index (χ1v) is 8.01. The molecule has 0 spiro atoms. The van der Waals surface area contributed by atoms with Crippen LogP contribution < -0.4 is 5.73 Å². The van der Waals surface area contributed by atoms with Crippen LogP contribution in [0.1, 0.15) is 4.88 Å². The minimum atomic E-state index is -0.497. The number of hydrogen-bond acceptors (Lipinski definition) is 4. The van der Waals surface area contributed by atoms with Crippen LogP contribution in [0.2, 0.25) is 5.02 Å². The SMILES string of the molecule is N#Cc1sc(-c2cccc(Cl)c2F)c(-c2cccs2)c1N. The van der Waals surface area contributed by atoms with E-state index in [1.54, 1.807) is 12.1 Å². The smallest absolute Gasteiger partial charge is 0.150 e. The minimum Gasteiger partial charge on any atom is -0.396 e. The van der Waals surface area contributed by atoms with Crippen LogP contribution >= 0.6 is 34.3 Å². The van der Waals surface area contributed by atoms with Gasteiger partial charge in [-0.15, -0.1) is 22.7 Å². The van der Waals surface area contributed by atoms with Gasteiger partial charge in [0.25, 0.3) is 0 Å². The molecule has 21 heavy (non-hydrogen) atoms. The Hall–Kier alpha value is -1.87. The molecule has 0 unspecified atom stereocenters. The molecule has 0 saturated carbocycles. The van der Waals surface area contributed by atoms with Gasteiger partial charge in [-0.1, -0.05) is 29.8 Å². The van der Waals surface area contributed by atoms with Crippen LogP contribution in [0.5, 0.6) is 0 Å². The Balaban J connectivity index is 2.33. The van der Waals surface area contributed by atoms with Crippen LogP contribution in [0.4, 0.5) is 10.1 Å². The van der Waals surface area contributed by atoms with Gasteiger partial charge in [0.05, 0.1) is 10.7 Å². The number of nitriles is 1. The van der Waals surface area contributed by atoms with E-state index in [2.05, 4.69) is 6.07 Å². The molecule has 2 N–H and O–H groups in total. The fourth-order valence-corrected chi connectivity index (χ4v) is 4.14. The number of rotatable bonds is 2. The van der Waals surface area contributed by atoms with Crippen LogP contribution in [0, 0.1) is 17.1 Å². The van der Waals surface area contributed by atoms with E-state index in [0.717, 1.165) is 4.88 Å². The Morgan fingerprint density at radius 3 is 2.71 bits per heavy atom. The van der Waals surface area contributed by atoms with Crippen LogP contribution in [0.15, 0.2) is 35.7 Å². The number of nitrogens with two attached hydrogens (primary N) is 1. The van der Waals surface area contributed by atoms with Crippen molar-refractivity contribution >= 4 is 40.0 Å². The Bertz CT molecular complexity index is 847. The van der Waals surface area contributed by atoms with Crippen molar-refractivity contribution in [2.45, 2.75) is 0 Å². The first kappa shape index (κ1) is 14.1. The van der Waals surface area contributed by atoms with Crippen LogP contribution in [0.3, 0.4) is 0 Å². The van der Waals surface area contributed by atoms with Gasteiger partial charge in [-0.2, -0.15) is 5.26 Å². The van der Waals surface area contributed by atoms with E-state index in [1.165, 1.54) is 28.7 Å². The molecule has 0 saturated heterocycles. The number of nitrogen functional groups attached to an aromatic ring is 1. The van der Waals surface area contributed by atoms with Crippen molar-refractivity contribution in [2.24, 2.45) is 0 Å². The summed E-state index contributed by atoms with van der Waals surface area (Å²) < 4.78 is 14.3. The molecule has 6 heteroatoms. The quantitative estimate of drug-likeness (QED) is 0.683. The fourth-order valence-electron chi connectivity index (χ4n) is 2.06. The number of benzene rings is 1. The zero-order valence-corrected chi connectivity index (χ0v) is 13.0. The zero-order chi connectivity index (χ0) is 15.0. The molecule has 0 aliphatic heterocycles. The maximum Gasteiger partial charge on any atom is 0.150 e. The number of thiophene rings is 2. The molecule has 0 aliphatic carbocycles. The van der Waals surface area contributed by atoms with Gasteiger partial charge in [-0.25, -0.2) is 4.39 Å². The van der Waals surface area contributed by atoms with Gasteiger partial charge in [0, 0.05) is 20.9 Å². The number of nitrogens with zero attached hydrogens (tertiary/aromatic N) is 1. The van der Waals surface area contributed by atoms with Gasteiger partial charge >= 0.3 is 0 Å². The lowest BCUT2D eigenvalue weighted by Gasteiger charge is -2.06. The van der Waals surface area contributed by atoms with E-state index in [0.29, 0.717) is 26.6 Å². The molecule has 0 amide bonds. The second kappa shape index (κ2) is 5.49. The Morgan fingerprint density at radius 2 is 2.05 bits per heavy atom. The molecule has 104 valence electrons.